The second-order valence-corrected chi connectivity index (χ2v) is 5.94. The fourth-order valence-electron chi connectivity index (χ4n) is 2.79. The van der Waals surface area contributed by atoms with Gasteiger partial charge >= 0.3 is 0 Å². The highest BCUT2D eigenvalue weighted by atomic mass is 19.1. The molecule has 1 aromatic carbocycles. The highest BCUT2D eigenvalue weighted by Crippen LogP contribution is 2.11. The lowest BCUT2D eigenvalue weighted by Crippen LogP contribution is -2.42. The van der Waals surface area contributed by atoms with Crippen molar-refractivity contribution < 1.29 is 4.39 Å². The number of aliphatic imine (C=N–C) groups is 1. The number of piperidine rings is 1. The average Bonchev–Trinajstić information content (AvgIpc) is 2.61. The van der Waals surface area contributed by atoms with Gasteiger partial charge in [-0.25, -0.2) is 9.38 Å². The van der Waals surface area contributed by atoms with Gasteiger partial charge in [0, 0.05) is 25.2 Å². The van der Waals surface area contributed by atoms with Gasteiger partial charge in [0.2, 0.25) is 0 Å². The molecule has 1 fully saturated rings. The van der Waals surface area contributed by atoms with Crippen LogP contribution in [-0.2, 0) is 6.54 Å². The molecule has 2 N–H and O–H groups in total. The first-order valence-electron chi connectivity index (χ1n) is 8.66. The summed E-state index contributed by atoms with van der Waals surface area (Å²) in [6.07, 6.45) is 3.90. The number of nitrogens with one attached hydrogen (secondary N) is 2. The van der Waals surface area contributed by atoms with E-state index in [0.29, 0.717) is 17.1 Å². The van der Waals surface area contributed by atoms with Gasteiger partial charge < -0.3 is 15.5 Å². The van der Waals surface area contributed by atoms with Crippen molar-refractivity contribution in [2.24, 2.45) is 4.99 Å². The highest BCUT2D eigenvalue weighted by molar-refractivity contribution is 5.79. The van der Waals surface area contributed by atoms with E-state index in [-0.39, 0.29) is 12.4 Å². The second-order valence-electron chi connectivity index (χ2n) is 5.94. The topological polar surface area (TPSA) is 63.5 Å². The Kier molecular flexibility index (Phi) is 7.50. The van der Waals surface area contributed by atoms with E-state index in [9.17, 15) is 4.39 Å². The zero-order chi connectivity index (χ0) is 17.2. The molecule has 2 rings (SSSR count). The second kappa shape index (κ2) is 9.89. The molecule has 0 spiro atoms. The third kappa shape index (κ3) is 5.82. The summed E-state index contributed by atoms with van der Waals surface area (Å²) < 4.78 is 13.8. The van der Waals surface area contributed by atoms with Crippen LogP contribution in [0.25, 0.3) is 0 Å². The van der Waals surface area contributed by atoms with Crippen LogP contribution in [0.5, 0.6) is 0 Å². The SMILES string of the molecule is CCNC(=NCc1cc(C#N)ccc1F)NCCN1CCCCC1. The summed E-state index contributed by atoms with van der Waals surface area (Å²) >= 11 is 0. The number of hydrogen-bond donors (Lipinski definition) is 2. The van der Waals surface area contributed by atoms with Gasteiger partial charge in [-0.1, -0.05) is 6.42 Å². The molecular formula is C18H26FN5. The van der Waals surface area contributed by atoms with E-state index in [4.69, 9.17) is 5.26 Å². The van der Waals surface area contributed by atoms with Crippen molar-refractivity contribution in [2.45, 2.75) is 32.7 Å². The van der Waals surface area contributed by atoms with Crippen LogP contribution in [-0.4, -0.2) is 43.6 Å². The van der Waals surface area contributed by atoms with Crippen LogP contribution in [0.1, 0.15) is 37.3 Å². The van der Waals surface area contributed by atoms with E-state index < -0.39 is 0 Å². The van der Waals surface area contributed by atoms with E-state index in [1.807, 2.05) is 13.0 Å². The van der Waals surface area contributed by atoms with Crippen molar-refractivity contribution in [1.82, 2.24) is 15.5 Å². The molecule has 0 aliphatic carbocycles. The van der Waals surface area contributed by atoms with Crippen LogP contribution in [0.15, 0.2) is 23.2 Å². The molecule has 130 valence electrons. The van der Waals surface area contributed by atoms with Crippen LogP contribution in [0.2, 0.25) is 0 Å². The number of nitriles is 1. The van der Waals surface area contributed by atoms with Gasteiger partial charge in [0.05, 0.1) is 18.2 Å². The standard InChI is InChI=1S/C18H26FN5/c1-2-21-18(22-8-11-24-9-4-3-5-10-24)23-14-16-12-15(13-20)6-7-17(16)19/h6-7,12H,2-5,8-11,14H2,1H3,(H2,21,22,23). The number of halogens is 1. The molecule has 0 atom stereocenters. The molecule has 5 nitrogen and oxygen atoms in total. The number of guanidine groups is 1. The van der Waals surface area contributed by atoms with Crippen molar-refractivity contribution in [3.8, 4) is 6.07 Å². The van der Waals surface area contributed by atoms with Crippen molar-refractivity contribution in [3.05, 3.63) is 35.1 Å². The Morgan fingerprint density at radius 2 is 2.08 bits per heavy atom. The molecule has 1 aromatic rings. The molecule has 0 saturated carbocycles. The Hall–Kier alpha value is -2.13. The molecule has 6 heteroatoms. The summed E-state index contributed by atoms with van der Waals surface area (Å²) in [6.45, 7) is 7.09. The Bertz CT molecular complexity index is 588. The normalized spacial score (nSPS) is 15.8. The van der Waals surface area contributed by atoms with Crippen LogP contribution in [0.4, 0.5) is 4.39 Å². The Balaban J connectivity index is 1.89. The van der Waals surface area contributed by atoms with Crippen LogP contribution >= 0.6 is 0 Å². The predicted molar refractivity (Wildman–Crippen MR) is 94.2 cm³/mol. The highest BCUT2D eigenvalue weighted by Gasteiger charge is 2.09. The van der Waals surface area contributed by atoms with Crippen molar-refractivity contribution in [2.75, 3.05) is 32.7 Å². The van der Waals surface area contributed by atoms with E-state index in [2.05, 4.69) is 20.5 Å². The maximum atomic E-state index is 13.8. The number of rotatable bonds is 6. The molecule has 1 saturated heterocycles. The van der Waals surface area contributed by atoms with Crippen LogP contribution in [0.3, 0.4) is 0 Å². The molecule has 1 aliphatic rings. The van der Waals surface area contributed by atoms with Gasteiger partial charge in [-0.05, 0) is 51.1 Å². The van der Waals surface area contributed by atoms with Crippen LogP contribution in [0, 0.1) is 17.1 Å². The van der Waals surface area contributed by atoms with E-state index >= 15 is 0 Å². The van der Waals surface area contributed by atoms with Gasteiger partial charge in [-0.2, -0.15) is 5.26 Å². The molecule has 0 radical (unpaired) electrons. The number of likely N-dealkylation sites (tertiary alicyclic amines) is 1. The van der Waals surface area contributed by atoms with Crippen molar-refractivity contribution in [3.63, 3.8) is 0 Å². The summed E-state index contributed by atoms with van der Waals surface area (Å²) in [5.41, 5.74) is 0.881. The summed E-state index contributed by atoms with van der Waals surface area (Å²) in [6, 6.07) is 6.37. The zero-order valence-electron chi connectivity index (χ0n) is 14.3. The minimum atomic E-state index is -0.332. The summed E-state index contributed by atoms with van der Waals surface area (Å²) in [4.78, 5) is 6.88. The summed E-state index contributed by atoms with van der Waals surface area (Å²) in [5, 5.41) is 15.4. The van der Waals surface area contributed by atoms with E-state index in [1.165, 1.54) is 44.5 Å². The molecule has 0 unspecified atom stereocenters. The third-order valence-electron chi connectivity index (χ3n) is 4.10. The van der Waals surface area contributed by atoms with E-state index in [1.54, 1.807) is 6.07 Å². The number of nitrogens with zero attached hydrogens (tertiary/aromatic N) is 3. The van der Waals surface area contributed by atoms with Gasteiger partial charge in [0.15, 0.2) is 5.96 Å². The van der Waals surface area contributed by atoms with Gasteiger partial charge in [0.1, 0.15) is 5.82 Å². The Labute approximate surface area is 143 Å². The maximum Gasteiger partial charge on any atom is 0.191 e. The number of hydrogen-bond acceptors (Lipinski definition) is 3. The first-order valence-corrected chi connectivity index (χ1v) is 8.66. The van der Waals surface area contributed by atoms with Crippen molar-refractivity contribution >= 4 is 5.96 Å². The first-order chi connectivity index (χ1) is 11.7. The van der Waals surface area contributed by atoms with Crippen molar-refractivity contribution in [1.29, 1.82) is 5.26 Å². The minimum absolute atomic E-state index is 0.209. The molecule has 0 bridgehead atoms. The van der Waals surface area contributed by atoms with Crippen LogP contribution < -0.4 is 10.6 Å². The van der Waals surface area contributed by atoms with E-state index in [0.717, 1.165) is 19.6 Å². The monoisotopic (exact) mass is 331 g/mol. The Morgan fingerprint density at radius 3 is 2.79 bits per heavy atom. The van der Waals surface area contributed by atoms with Gasteiger partial charge in [0.25, 0.3) is 0 Å². The Morgan fingerprint density at radius 1 is 1.29 bits per heavy atom. The van der Waals surface area contributed by atoms with Gasteiger partial charge in [-0.15, -0.1) is 0 Å². The molecular weight excluding hydrogens is 305 g/mol. The largest absolute Gasteiger partial charge is 0.357 e. The number of benzene rings is 1. The average molecular weight is 331 g/mol. The quantitative estimate of drug-likeness (QED) is 0.620. The third-order valence-corrected chi connectivity index (χ3v) is 4.10. The first kappa shape index (κ1) is 18.2. The lowest BCUT2D eigenvalue weighted by atomic mass is 10.1. The zero-order valence-corrected chi connectivity index (χ0v) is 14.3. The minimum Gasteiger partial charge on any atom is -0.357 e. The predicted octanol–water partition coefficient (Wildman–Crippen LogP) is 2.24. The molecule has 1 heterocycles. The molecule has 1 aliphatic heterocycles. The lowest BCUT2D eigenvalue weighted by molar-refractivity contribution is 0.232. The molecule has 0 aromatic heterocycles. The maximum absolute atomic E-state index is 13.8. The fraction of sp³-hybridized carbons (Fsp3) is 0.556. The summed E-state index contributed by atoms with van der Waals surface area (Å²) in [7, 11) is 0. The molecule has 0 amide bonds. The lowest BCUT2D eigenvalue weighted by Gasteiger charge is -2.26. The fourth-order valence-corrected chi connectivity index (χ4v) is 2.79. The van der Waals surface area contributed by atoms with Gasteiger partial charge in [-0.3, -0.25) is 0 Å². The molecule has 24 heavy (non-hydrogen) atoms. The summed E-state index contributed by atoms with van der Waals surface area (Å²) in [5.74, 6) is 0.346. The smallest absolute Gasteiger partial charge is 0.191 e.